The summed E-state index contributed by atoms with van der Waals surface area (Å²) in [7, 11) is 0. The highest BCUT2D eigenvalue weighted by Crippen LogP contribution is 2.68. The fourth-order valence-electron chi connectivity index (χ4n) is 8.20. The van der Waals surface area contributed by atoms with Crippen molar-refractivity contribution in [2.75, 3.05) is 23.4 Å². The van der Waals surface area contributed by atoms with Gasteiger partial charge in [0.2, 0.25) is 11.8 Å². The van der Waals surface area contributed by atoms with Gasteiger partial charge in [-0.25, -0.2) is 4.39 Å². The highest BCUT2D eigenvalue weighted by atomic mass is 32.2. The minimum atomic E-state index is -0.408. The van der Waals surface area contributed by atoms with Gasteiger partial charge >= 0.3 is 4.87 Å². The quantitative estimate of drug-likeness (QED) is 0.232. The van der Waals surface area contributed by atoms with E-state index in [0.717, 1.165) is 21.9 Å². The maximum Gasteiger partial charge on any atom is 0.305 e. The van der Waals surface area contributed by atoms with Crippen LogP contribution in [-0.4, -0.2) is 41.2 Å². The van der Waals surface area contributed by atoms with Crippen LogP contribution in [0.1, 0.15) is 29.7 Å². The van der Waals surface area contributed by atoms with E-state index in [-0.39, 0.29) is 58.1 Å². The van der Waals surface area contributed by atoms with Crippen LogP contribution in [0.4, 0.5) is 15.8 Å². The van der Waals surface area contributed by atoms with E-state index in [1.165, 1.54) is 40.5 Å². The third-order valence-electron chi connectivity index (χ3n) is 9.85. The Labute approximate surface area is 277 Å². The molecule has 3 heterocycles. The summed E-state index contributed by atoms with van der Waals surface area (Å²) < 4.78 is 25.1. The normalized spacial score (nSPS) is 26.9. The Balaban J connectivity index is 1.10. The number of amides is 3. The first-order chi connectivity index (χ1) is 22.8. The summed E-state index contributed by atoms with van der Waals surface area (Å²) in [6, 6.07) is 20.2. The van der Waals surface area contributed by atoms with Gasteiger partial charge in [0.15, 0.2) is 18.1 Å². The summed E-state index contributed by atoms with van der Waals surface area (Å²) >= 11 is 2.83. The number of carbonyl (C=O) groups is 3. The number of H-pyrrole nitrogens is 1. The van der Waals surface area contributed by atoms with Crippen LogP contribution in [0.2, 0.25) is 0 Å². The van der Waals surface area contributed by atoms with Gasteiger partial charge < -0.3 is 19.8 Å². The van der Waals surface area contributed by atoms with Gasteiger partial charge in [0, 0.05) is 21.7 Å². The molecule has 240 valence electrons. The highest BCUT2D eigenvalue weighted by Gasteiger charge is 2.69. The molecule has 12 heteroatoms. The standard InChI is InChI=1S/C35H30FN3O6S2/c1-2-44-24-14-17(8-13-23(24)45-16-25(40)37-19-11-9-18(36)10-12-19)26-27-21-15-22(30(27)46-32-31(26)47-35(43)38-32)29-28(21)33(41)39(34(29)42)20-6-4-3-5-7-20/h3-14,21-22,26-30H,2,15-16H2,1H3,(H,37,40)(H,38,43)/t21?,22?,26-,27?,28?,29?,30?/m1/s1. The van der Waals surface area contributed by atoms with E-state index in [1.54, 1.807) is 30.0 Å². The molecule has 2 N–H and O–H groups in total. The van der Waals surface area contributed by atoms with Crippen molar-refractivity contribution in [3.05, 3.63) is 98.7 Å². The molecular weight excluding hydrogens is 642 g/mol. The molecule has 2 aliphatic carbocycles. The van der Waals surface area contributed by atoms with Crippen molar-refractivity contribution in [2.45, 2.75) is 29.5 Å². The molecule has 0 radical (unpaired) electrons. The number of benzene rings is 3. The first kappa shape index (κ1) is 29.9. The van der Waals surface area contributed by atoms with Gasteiger partial charge in [-0.2, -0.15) is 0 Å². The van der Waals surface area contributed by atoms with Gasteiger partial charge in [-0.3, -0.25) is 24.1 Å². The molecule has 2 aliphatic heterocycles. The van der Waals surface area contributed by atoms with Crippen molar-refractivity contribution < 1.29 is 28.2 Å². The number of hydrogen-bond acceptors (Lipinski definition) is 8. The molecule has 2 saturated carbocycles. The summed E-state index contributed by atoms with van der Waals surface area (Å²) in [5.41, 5.74) is 1.98. The molecule has 4 aliphatic rings. The number of thiazole rings is 1. The zero-order valence-corrected chi connectivity index (χ0v) is 26.8. The fraction of sp³-hybridized carbons (Fsp3) is 0.314. The molecule has 1 saturated heterocycles. The van der Waals surface area contributed by atoms with E-state index in [0.29, 0.717) is 29.5 Å². The lowest BCUT2D eigenvalue weighted by Gasteiger charge is -2.43. The number of nitrogens with one attached hydrogen (secondary N) is 2. The third-order valence-corrected chi connectivity index (χ3v) is 12.4. The second kappa shape index (κ2) is 11.7. The monoisotopic (exact) mass is 671 g/mol. The lowest BCUT2D eigenvalue weighted by atomic mass is 9.68. The van der Waals surface area contributed by atoms with Crippen molar-refractivity contribution in [1.29, 1.82) is 0 Å². The van der Waals surface area contributed by atoms with Gasteiger partial charge in [0.25, 0.3) is 5.91 Å². The van der Waals surface area contributed by atoms with Crippen LogP contribution in [0.3, 0.4) is 0 Å². The number of fused-ring (bicyclic) bond motifs is 9. The van der Waals surface area contributed by atoms with Crippen molar-refractivity contribution >= 4 is 52.2 Å². The second-order valence-corrected chi connectivity index (χ2v) is 14.5. The van der Waals surface area contributed by atoms with Gasteiger partial charge in [-0.05, 0) is 85.2 Å². The summed E-state index contributed by atoms with van der Waals surface area (Å²) in [4.78, 5) is 58.2. The average Bonchev–Trinajstić information content (AvgIpc) is 3.80. The predicted octanol–water partition coefficient (Wildman–Crippen LogP) is 5.67. The molecule has 47 heavy (non-hydrogen) atoms. The van der Waals surface area contributed by atoms with E-state index >= 15 is 0 Å². The number of para-hydroxylation sites is 1. The number of carbonyl (C=O) groups excluding carboxylic acids is 3. The first-order valence-corrected chi connectivity index (χ1v) is 17.3. The molecule has 6 unspecified atom stereocenters. The maximum absolute atomic E-state index is 14.0. The van der Waals surface area contributed by atoms with Crippen LogP contribution in [0.5, 0.6) is 11.5 Å². The Morgan fingerprint density at radius 1 is 0.957 bits per heavy atom. The van der Waals surface area contributed by atoms with Crippen molar-refractivity contribution in [1.82, 2.24) is 4.98 Å². The van der Waals surface area contributed by atoms with Crippen LogP contribution < -0.4 is 24.6 Å². The van der Waals surface area contributed by atoms with Crippen molar-refractivity contribution in [3.63, 3.8) is 0 Å². The Hall–Kier alpha value is -4.42. The Kier molecular flexibility index (Phi) is 7.44. The second-order valence-electron chi connectivity index (χ2n) is 12.3. The number of halogens is 1. The summed E-state index contributed by atoms with van der Waals surface area (Å²) in [5.74, 6) is -1.16. The molecule has 2 bridgehead atoms. The number of imide groups is 1. The number of ether oxygens (including phenoxy) is 2. The summed E-state index contributed by atoms with van der Waals surface area (Å²) in [6.07, 6.45) is 0.788. The number of aromatic nitrogens is 1. The zero-order valence-electron chi connectivity index (χ0n) is 25.2. The molecular formula is C35H30FN3O6S2. The van der Waals surface area contributed by atoms with E-state index in [2.05, 4.69) is 10.3 Å². The van der Waals surface area contributed by atoms with Gasteiger partial charge in [-0.15, -0.1) is 11.8 Å². The minimum Gasteiger partial charge on any atom is -0.490 e. The molecule has 0 spiro atoms. The molecule has 1 aromatic heterocycles. The number of nitrogens with zero attached hydrogens (tertiary/aromatic N) is 1. The SMILES string of the molecule is CCOc1cc([C@H]2c3sc(=O)[nH]c3SC3C4CC(C5C(=O)N(c6ccccc6)C(=O)C45)C32)ccc1OCC(=O)Nc1ccc(F)cc1. The van der Waals surface area contributed by atoms with Crippen LogP contribution in [0.25, 0.3) is 0 Å². The van der Waals surface area contributed by atoms with Crippen LogP contribution in [-0.2, 0) is 14.4 Å². The Bertz CT molecular complexity index is 1950. The summed E-state index contributed by atoms with van der Waals surface area (Å²) in [6.45, 7) is 1.93. The molecule has 4 aromatic rings. The fourth-order valence-corrected chi connectivity index (χ4v) is 11.1. The molecule has 7 atom stereocenters. The van der Waals surface area contributed by atoms with Gasteiger partial charge in [0.1, 0.15) is 5.82 Å². The third kappa shape index (κ3) is 4.96. The molecule has 3 aromatic carbocycles. The van der Waals surface area contributed by atoms with E-state index < -0.39 is 17.6 Å². The van der Waals surface area contributed by atoms with Crippen LogP contribution >= 0.6 is 23.1 Å². The van der Waals surface area contributed by atoms with Gasteiger partial charge in [-0.1, -0.05) is 35.6 Å². The van der Waals surface area contributed by atoms with E-state index in [9.17, 15) is 23.6 Å². The Morgan fingerprint density at radius 3 is 2.45 bits per heavy atom. The van der Waals surface area contributed by atoms with E-state index in [4.69, 9.17) is 9.47 Å². The summed E-state index contributed by atoms with van der Waals surface area (Å²) in [5, 5.41) is 3.56. The van der Waals surface area contributed by atoms with Crippen molar-refractivity contribution in [2.24, 2.45) is 29.6 Å². The lowest BCUT2D eigenvalue weighted by Crippen LogP contribution is -2.42. The first-order valence-electron chi connectivity index (χ1n) is 15.6. The van der Waals surface area contributed by atoms with Crippen molar-refractivity contribution in [3.8, 4) is 11.5 Å². The minimum absolute atomic E-state index is 0.0119. The average molecular weight is 672 g/mol. The number of anilines is 2. The smallest absolute Gasteiger partial charge is 0.305 e. The van der Waals surface area contributed by atoms with Gasteiger partial charge in [0.05, 0.1) is 29.2 Å². The number of rotatable bonds is 8. The number of hydrogen-bond donors (Lipinski definition) is 2. The van der Waals surface area contributed by atoms with Crippen LogP contribution in [0.15, 0.2) is 82.6 Å². The van der Waals surface area contributed by atoms with E-state index in [1.807, 2.05) is 37.3 Å². The largest absolute Gasteiger partial charge is 0.490 e. The lowest BCUT2D eigenvalue weighted by molar-refractivity contribution is -0.123. The molecule has 3 amide bonds. The highest BCUT2D eigenvalue weighted by molar-refractivity contribution is 8.00. The topological polar surface area (TPSA) is 118 Å². The maximum atomic E-state index is 14.0. The number of aromatic amines is 1. The molecule has 8 rings (SSSR count). The molecule has 3 fully saturated rings. The molecule has 9 nitrogen and oxygen atoms in total. The Morgan fingerprint density at radius 2 is 1.70 bits per heavy atom. The zero-order chi connectivity index (χ0) is 32.4. The predicted molar refractivity (Wildman–Crippen MR) is 176 cm³/mol. The van der Waals surface area contributed by atoms with Crippen LogP contribution in [0, 0.1) is 35.4 Å². The number of thioether (sulfide) groups is 1.